The highest BCUT2D eigenvalue weighted by Gasteiger charge is 2.18. The zero-order chi connectivity index (χ0) is 59.8. The highest BCUT2D eigenvalue weighted by Crippen LogP contribution is 2.17. The van der Waals surface area contributed by atoms with Crippen molar-refractivity contribution in [2.24, 2.45) is 0 Å². The average molecular weight is 1140 g/mol. The summed E-state index contributed by atoms with van der Waals surface area (Å²) in [6.45, 7) is 4.19. The molecule has 4 nitrogen and oxygen atoms in total. The van der Waals surface area contributed by atoms with Gasteiger partial charge in [0.2, 0.25) is 5.91 Å². The van der Waals surface area contributed by atoms with Crippen LogP contribution in [0.3, 0.4) is 0 Å². The number of hydrogen-bond acceptors (Lipinski definition) is 3. The Hall–Kier alpha value is -3.99. The van der Waals surface area contributed by atoms with Gasteiger partial charge in [-0.25, -0.2) is 0 Å². The van der Waals surface area contributed by atoms with Crippen LogP contribution in [0.15, 0.2) is 158 Å². The normalized spacial score (nSPS) is 13.7. The molecule has 1 amide bonds. The Morgan fingerprint density at radius 1 is 0.301 bits per heavy atom. The lowest BCUT2D eigenvalue weighted by Crippen LogP contribution is -2.45. The quantitative estimate of drug-likeness (QED) is 0.0420. The molecule has 0 aliphatic heterocycles. The Balaban J connectivity index is 3.63. The maximum atomic E-state index is 12.5. The molecule has 0 fully saturated rings. The predicted octanol–water partition coefficient (Wildman–Crippen LogP) is 24.4. The number of unbranched alkanes of at least 4 members (excludes halogenated alkanes) is 32. The minimum Gasteiger partial charge on any atom is -0.394 e. The van der Waals surface area contributed by atoms with E-state index in [1.807, 2.05) is 6.08 Å². The van der Waals surface area contributed by atoms with Gasteiger partial charge < -0.3 is 15.5 Å². The number of hydrogen-bond donors (Lipinski definition) is 3. The van der Waals surface area contributed by atoms with Crippen LogP contribution >= 0.6 is 0 Å². The second kappa shape index (κ2) is 72.3. The monoisotopic (exact) mass is 1140 g/mol. The third-order valence-electron chi connectivity index (χ3n) is 15.2. The van der Waals surface area contributed by atoms with Crippen LogP contribution in [-0.2, 0) is 4.79 Å². The minimum atomic E-state index is -0.880. The average Bonchev–Trinajstić information content (AvgIpc) is 3.51. The molecule has 0 aliphatic carbocycles. The molecule has 0 aliphatic rings. The van der Waals surface area contributed by atoms with Crippen LogP contribution in [-0.4, -0.2) is 34.9 Å². The van der Waals surface area contributed by atoms with Gasteiger partial charge in [0.15, 0.2) is 0 Å². The number of allylic oxidation sites excluding steroid dienone is 25. The molecule has 0 aromatic rings. The fourth-order valence-electron chi connectivity index (χ4n) is 9.97. The Bertz CT molecular complexity index is 1730. The van der Waals surface area contributed by atoms with Crippen molar-refractivity contribution in [1.29, 1.82) is 0 Å². The van der Waals surface area contributed by atoms with E-state index in [-0.39, 0.29) is 12.5 Å². The summed E-state index contributed by atoms with van der Waals surface area (Å²) in [6, 6.07) is -0.659. The topological polar surface area (TPSA) is 69.6 Å². The van der Waals surface area contributed by atoms with Crippen molar-refractivity contribution in [2.45, 2.75) is 328 Å². The first-order chi connectivity index (χ1) is 41.2. The SMILES string of the molecule is CC/C=C\C/C=C\C/C=C\C/C=C\C/C=C\C/C=C\C/C=C\C/C=C\C/C=C\C/C=C\C/C=C\CCCCCCCCCC(=O)NC(CO)C(O)/C=C/CC/C=C/CCCCCCCCCCCCCCCCCCCCCCCCCC. The molecule has 0 saturated heterocycles. The molecule has 0 rings (SSSR count). The van der Waals surface area contributed by atoms with Crippen molar-refractivity contribution >= 4 is 5.91 Å². The number of carbonyl (C=O) groups is 1. The van der Waals surface area contributed by atoms with E-state index in [4.69, 9.17) is 0 Å². The lowest BCUT2D eigenvalue weighted by atomic mass is 10.0. The highest BCUT2D eigenvalue weighted by atomic mass is 16.3. The van der Waals surface area contributed by atoms with E-state index in [1.165, 1.54) is 180 Å². The zero-order valence-corrected chi connectivity index (χ0v) is 54.4. The first kappa shape index (κ1) is 79.0. The van der Waals surface area contributed by atoms with Gasteiger partial charge in [-0.2, -0.15) is 0 Å². The van der Waals surface area contributed by atoms with Gasteiger partial charge in [-0.1, -0.05) is 352 Å². The van der Waals surface area contributed by atoms with Crippen molar-refractivity contribution in [3.63, 3.8) is 0 Å². The summed E-state index contributed by atoms with van der Waals surface area (Å²) in [5, 5.41) is 23.3. The van der Waals surface area contributed by atoms with E-state index in [9.17, 15) is 15.0 Å². The van der Waals surface area contributed by atoms with E-state index >= 15 is 0 Å². The molecule has 0 heterocycles. The maximum Gasteiger partial charge on any atom is 0.220 e. The van der Waals surface area contributed by atoms with Gasteiger partial charge in [-0.05, 0) is 116 Å². The zero-order valence-electron chi connectivity index (χ0n) is 54.4. The highest BCUT2D eigenvalue weighted by molar-refractivity contribution is 5.76. The molecule has 0 spiro atoms. The minimum absolute atomic E-state index is 0.0884. The van der Waals surface area contributed by atoms with Crippen LogP contribution in [0.4, 0.5) is 0 Å². The second-order valence-electron chi connectivity index (χ2n) is 23.2. The third kappa shape index (κ3) is 68.7. The molecule has 472 valence electrons. The van der Waals surface area contributed by atoms with Crippen molar-refractivity contribution in [2.75, 3.05) is 6.61 Å². The molecule has 0 aromatic heterocycles. The molecule has 0 saturated carbocycles. The number of aliphatic hydroxyl groups is 2. The van der Waals surface area contributed by atoms with E-state index in [2.05, 4.69) is 165 Å². The Morgan fingerprint density at radius 2 is 0.542 bits per heavy atom. The van der Waals surface area contributed by atoms with Crippen molar-refractivity contribution < 1.29 is 15.0 Å². The summed E-state index contributed by atoms with van der Waals surface area (Å²) >= 11 is 0. The fraction of sp³-hybridized carbons (Fsp3) is 0.658. The van der Waals surface area contributed by atoms with E-state index < -0.39 is 12.1 Å². The van der Waals surface area contributed by atoms with Gasteiger partial charge in [0.25, 0.3) is 0 Å². The molecule has 2 unspecified atom stereocenters. The number of nitrogens with one attached hydrogen (secondary N) is 1. The molecular weight excluding hydrogens is 1010 g/mol. The summed E-state index contributed by atoms with van der Waals surface area (Å²) in [6.07, 6.45) is 115. The molecule has 83 heavy (non-hydrogen) atoms. The van der Waals surface area contributed by atoms with Gasteiger partial charge in [0.1, 0.15) is 0 Å². The molecule has 4 heteroatoms. The largest absolute Gasteiger partial charge is 0.394 e. The van der Waals surface area contributed by atoms with Crippen molar-refractivity contribution in [3.8, 4) is 0 Å². The predicted molar refractivity (Wildman–Crippen MR) is 372 cm³/mol. The summed E-state index contributed by atoms with van der Waals surface area (Å²) < 4.78 is 0. The van der Waals surface area contributed by atoms with E-state index in [0.29, 0.717) is 6.42 Å². The molecule has 3 N–H and O–H groups in total. The van der Waals surface area contributed by atoms with Crippen LogP contribution in [0.5, 0.6) is 0 Å². The molecule has 0 aromatic carbocycles. The Morgan fingerprint density at radius 3 is 0.843 bits per heavy atom. The van der Waals surface area contributed by atoms with Gasteiger partial charge in [-0.3, -0.25) is 4.79 Å². The first-order valence-corrected chi connectivity index (χ1v) is 35.2. The smallest absolute Gasteiger partial charge is 0.220 e. The first-order valence-electron chi connectivity index (χ1n) is 35.2. The molecular formula is C79H133NO3. The number of aliphatic hydroxyl groups excluding tert-OH is 2. The number of rotatable bonds is 63. The van der Waals surface area contributed by atoms with E-state index in [0.717, 1.165) is 116 Å². The van der Waals surface area contributed by atoms with Gasteiger partial charge >= 0.3 is 0 Å². The van der Waals surface area contributed by atoms with E-state index in [1.54, 1.807) is 6.08 Å². The van der Waals surface area contributed by atoms with Crippen LogP contribution in [0.1, 0.15) is 316 Å². The molecule has 0 bridgehead atoms. The van der Waals surface area contributed by atoms with Crippen LogP contribution in [0.25, 0.3) is 0 Å². The Kier molecular flexibility index (Phi) is 68.8. The summed E-state index contributed by atoms with van der Waals surface area (Å²) in [5.41, 5.74) is 0. The number of carbonyl (C=O) groups excluding carboxylic acids is 1. The summed E-state index contributed by atoms with van der Waals surface area (Å²) in [7, 11) is 0. The van der Waals surface area contributed by atoms with Crippen LogP contribution < -0.4 is 5.32 Å². The second-order valence-corrected chi connectivity index (χ2v) is 23.2. The Labute approximate surface area is 516 Å². The van der Waals surface area contributed by atoms with Gasteiger partial charge in [0, 0.05) is 6.42 Å². The lowest BCUT2D eigenvalue weighted by Gasteiger charge is -2.19. The molecule has 2 atom stereocenters. The van der Waals surface area contributed by atoms with Crippen LogP contribution in [0.2, 0.25) is 0 Å². The fourth-order valence-corrected chi connectivity index (χ4v) is 9.97. The molecule has 0 radical (unpaired) electrons. The standard InChI is InChI=1S/C79H133NO3/c1-3-5-7-9-11-13-15-17-19-21-23-25-27-29-31-33-35-36-37-38-39-40-41-42-43-44-45-47-49-51-53-55-57-59-61-63-65-67-69-71-73-75-79(83)80-77(76-81)78(82)74-72-70-68-66-64-62-60-58-56-54-52-50-48-46-34-32-30-28-26-24-22-20-18-16-14-12-10-8-6-4-2/h5,7,11,13,17,19,23,25,29,31,35-36,38-39,41-42,44-45,49,51,55,57,64,66,72,74,77-78,81-82H,3-4,6,8-10,12,14-16,18,20-22,24,26-28,30,32-34,37,40,43,46-48,50,52-54,56,58-63,65,67-71,73,75-76H2,1-2H3,(H,80,83)/b7-5-,13-11-,19-17-,25-23-,31-29-,36-35-,39-38-,42-41-,45-44-,51-49-,57-55-,66-64+,74-72+. The summed E-state index contributed by atoms with van der Waals surface area (Å²) in [5.74, 6) is -0.0884. The van der Waals surface area contributed by atoms with Crippen molar-refractivity contribution in [1.82, 2.24) is 5.32 Å². The third-order valence-corrected chi connectivity index (χ3v) is 15.2. The van der Waals surface area contributed by atoms with Gasteiger partial charge in [0.05, 0.1) is 18.8 Å². The van der Waals surface area contributed by atoms with Crippen molar-refractivity contribution in [3.05, 3.63) is 158 Å². The number of amides is 1. The lowest BCUT2D eigenvalue weighted by molar-refractivity contribution is -0.123. The summed E-state index contributed by atoms with van der Waals surface area (Å²) in [4.78, 5) is 12.5. The van der Waals surface area contributed by atoms with Crippen LogP contribution in [0, 0.1) is 0 Å². The van der Waals surface area contributed by atoms with Gasteiger partial charge in [-0.15, -0.1) is 0 Å². The maximum absolute atomic E-state index is 12.5.